The summed E-state index contributed by atoms with van der Waals surface area (Å²) >= 11 is 5.94. The van der Waals surface area contributed by atoms with Crippen molar-refractivity contribution < 1.29 is 0 Å². The summed E-state index contributed by atoms with van der Waals surface area (Å²) in [5.41, 5.74) is 8.06. The van der Waals surface area contributed by atoms with E-state index in [0.29, 0.717) is 5.92 Å². The first-order valence-electron chi connectivity index (χ1n) is 4.82. The van der Waals surface area contributed by atoms with Crippen molar-refractivity contribution in [1.82, 2.24) is 0 Å². The molecule has 1 fully saturated rings. The molecular weight excluding hydrogens is 182 g/mol. The van der Waals surface area contributed by atoms with Crippen LogP contribution in [0.4, 0.5) is 5.69 Å². The highest BCUT2D eigenvalue weighted by Gasteiger charge is 2.19. The fraction of sp³-hybridized carbons (Fsp3) is 0.455. The molecule has 1 aliphatic carbocycles. The molecule has 1 aromatic rings. The molecule has 2 N–H and O–H groups in total. The smallest absolute Gasteiger partial charge is 0.0410 e. The van der Waals surface area contributed by atoms with E-state index in [-0.39, 0.29) is 0 Å². The largest absolute Gasteiger partial charge is 0.398 e. The van der Waals surface area contributed by atoms with Crippen molar-refractivity contribution >= 4 is 17.3 Å². The summed E-state index contributed by atoms with van der Waals surface area (Å²) < 4.78 is 0. The Labute approximate surface area is 83.9 Å². The van der Waals surface area contributed by atoms with E-state index in [1.165, 1.54) is 31.2 Å². The van der Waals surface area contributed by atoms with Gasteiger partial charge in [0, 0.05) is 10.7 Å². The van der Waals surface area contributed by atoms with Gasteiger partial charge in [-0.2, -0.15) is 0 Å². The SMILES string of the molecule is Nc1ccc(Cl)cc1C1CCCC1. The fourth-order valence-corrected chi connectivity index (χ4v) is 2.32. The summed E-state index contributed by atoms with van der Waals surface area (Å²) in [7, 11) is 0. The third-order valence-electron chi connectivity index (χ3n) is 2.84. The van der Waals surface area contributed by atoms with E-state index in [4.69, 9.17) is 17.3 Å². The second-order valence-electron chi connectivity index (χ2n) is 3.75. The second-order valence-corrected chi connectivity index (χ2v) is 4.19. The molecule has 0 aliphatic heterocycles. The van der Waals surface area contributed by atoms with Crippen LogP contribution < -0.4 is 5.73 Å². The molecule has 0 atom stereocenters. The summed E-state index contributed by atoms with van der Waals surface area (Å²) in [5.74, 6) is 0.652. The lowest BCUT2D eigenvalue weighted by atomic mass is 9.96. The summed E-state index contributed by atoms with van der Waals surface area (Å²) in [6.45, 7) is 0. The first-order valence-corrected chi connectivity index (χ1v) is 5.20. The van der Waals surface area contributed by atoms with Crippen LogP contribution in [-0.4, -0.2) is 0 Å². The molecule has 0 spiro atoms. The quantitative estimate of drug-likeness (QED) is 0.682. The minimum absolute atomic E-state index is 0.652. The maximum absolute atomic E-state index is 5.94. The van der Waals surface area contributed by atoms with Crippen LogP contribution in [0.2, 0.25) is 5.02 Å². The molecule has 0 unspecified atom stereocenters. The summed E-state index contributed by atoms with van der Waals surface area (Å²) in [4.78, 5) is 0. The minimum Gasteiger partial charge on any atom is -0.398 e. The molecule has 0 heterocycles. The number of hydrogen-bond donors (Lipinski definition) is 1. The zero-order chi connectivity index (χ0) is 9.26. The Morgan fingerprint density at radius 1 is 1.23 bits per heavy atom. The predicted octanol–water partition coefficient (Wildman–Crippen LogP) is 3.58. The fourth-order valence-electron chi connectivity index (χ4n) is 2.14. The number of benzene rings is 1. The van der Waals surface area contributed by atoms with Crippen molar-refractivity contribution in [2.24, 2.45) is 0 Å². The highest BCUT2D eigenvalue weighted by molar-refractivity contribution is 6.30. The number of anilines is 1. The second kappa shape index (κ2) is 3.59. The molecule has 70 valence electrons. The van der Waals surface area contributed by atoms with E-state index >= 15 is 0 Å². The highest BCUT2D eigenvalue weighted by atomic mass is 35.5. The van der Waals surface area contributed by atoms with Gasteiger partial charge in [0.25, 0.3) is 0 Å². The molecular formula is C11H14ClN. The number of hydrogen-bond acceptors (Lipinski definition) is 1. The first kappa shape index (κ1) is 8.89. The average Bonchev–Trinajstić information content (AvgIpc) is 2.61. The van der Waals surface area contributed by atoms with E-state index in [1.54, 1.807) is 0 Å². The number of nitrogens with two attached hydrogens (primary N) is 1. The van der Waals surface area contributed by atoms with Gasteiger partial charge in [-0.1, -0.05) is 24.4 Å². The van der Waals surface area contributed by atoms with Gasteiger partial charge in [0.15, 0.2) is 0 Å². The van der Waals surface area contributed by atoms with E-state index in [0.717, 1.165) is 10.7 Å². The van der Waals surface area contributed by atoms with Crippen LogP contribution in [0.3, 0.4) is 0 Å². The molecule has 0 aromatic heterocycles. The third kappa shape index (κ3) is 1.80. The zero-order valence-corrected chi connectivity index (χ0v) is 8.35. The first-order chi connectivity index (χ1) is 6.27. The van der Waals surface area contributed by atoms with Gasteiger partial charge < -0.3 is 5.73 Å². The van der Waals surface area contributed by atoms with Gasteiger partial charge in [-0.15, -0.1) is 0 Å². The van der Waals surface area contributed by atoms with Crippen LogP contribution in [0.1, 0.15) is 37.2 Å². The van der Waals surface area contributed by atoms with Crippen molar-refractivity contribution in [3.8, 4) is 0 Å². The van der Waals surface area contributed by atoms with Gasteiger partial charge in [0.05, 0.1) is 0 Å². The molecule has 13 heavy (non-hydrogen) atoms. The Bertz CT molecular complexity index is 303. The monoisotopic (exact) mass is 195 g/mol. The van der Waals surface area contributed by atoms with Gasteiger partial charge in [0.2, 0.25) is 0 Å². The van der Waals surface area contributed by atoms with Crippen molar-refractivity contribution in [3.63, 3.8) is 0 Å². The Morgan fingerprint density at radius 2 is 1.92 bits per heavy atom. The van der Waals surface area contributed by atoms with Gasteiger partial charge >= 0.3 is 0 Å². The van der Waals surface area contributed by atoms with Crippen LogP contribution in [-0.2, 0) is 0 Å². The van der Waals surface area contributed by atoms with Crippen molar-refractivity contribution in [2.75, 3.05) is 5.73 Å². The Kier molecular flexibility index (Phi) is 2.45. The summed E-state index contributed by atoms with van der Waals surface area (Å²) in [5, 5.41) is 0.802. The molecule has 0 bridgehead atoms. The van der Waals surface area contributed by atoms with Gasteiger partial charge in [-0.3, -0.25) is 0 Å². The van der Waals surface area contributed by atoms with Gasteiger partial charge in [-0.25, -0.2) is 0 Å². The van der Waals surface area contributed by atoms with E-state index in [2.05, 4.69) is 0 Å². The average molecular weight is 196 g/mol. The highest BCUT2D eigenvalue weighted by Crippen LogP contribution is 2.37. The van der Waals surface area contributed by atoms with Gasteiger partial charge in [0.1, 0.15) is 0 Å². The van der Waals surface area contributed by atoms with Crippen molar-refractivity contribution in [2.45, 2.75) is 31.6 Å². The maximum Gasteiger partial charge on any atom is 0.0410 e. The summed E-state index contributed by atoms with van der Waals surface area (Å²) in [6, 6.07) is 5.79. The Hall–Kier alpha value is -0.690. The predicted molar refractivity (Wildman–Crippen MR) is 57.1 cm³/mol. The van der Waals surface area contributed by atoms with Crippen molar-refractivity contribution in [1.29, 1.82) is 0 Å². The molecule has 1 nitrogen and oxygen atoms in total. The minimum atomic E-state index is 0.652. The lowest BCUT2D eigenvalue weighted by molar-refractivity contribution is 0.726. The Morgan fingerprint density at radius 3 is 2.62 bits per heavy atom. The lowest BCUT2D eigenvalue weighted by Crippen LogP contribution is -1.98. The maximum atomic E-state index is 5.94. The van der Waals surface area contributed by atoms with Gasteiger partial charge in [-0.05, 0) is 42.5 Å². The molecule has 1 aliphatic rings. The molecule has 0 radical (unpaired) electrons. The number of halogens is 1. The molecule has 2 heteroatoms. The summed E-state index contributed by atoms with van der Waals surface area (Å²) in [6.07, 6.45) is 5.20. The van der Waals surface area contributed by atoms with Crippen LogP contribution in [0, 0.1) is 0 Å². The van der Waals surface area contributed by atoms with Crippen LogP contribution in [0.5, 0.6) is 0 Å². The van der Waals surface area contributed by atoms with Crippen LogP contribution in [0.15, 0.2) is 18.2 Å². The van der Waals surface area contributed by atoms with E-state index < -0.39 is 0 Å². The Balaban J connectivity index is 2.32. The number of nitrogen functional groups attached to an aromatic ring is 1. The van der Waals surface area contributed by atoms with Crippen LogP contribution in [0.25, 0.3) is 0 Å². The van der Waals surface area contributed by atoms with E-state index in [1.807, 2.05) is 18.2 Å². The molecule has 2 rings (SSSR count). The molecule has 1 aromatic carbocycles. The molecule has 1 saturated carbocycles. The van der Waals surface area contributed by atoms with Crippen LogP contribution >= 0.6 is 11.6 Å². The standard InChI is InChI=1S/C11H14ClN/c12-9-5-6-11(13)10(7-9)8-3-1-2-4-8/h5-8H,1-4,13H2. The van der Waals surface area contributed by atoms with Crippen molar-refractivity contribution in [3.05, 3.63) is 28.8 Å². The normalized spacial score (nSPS) is 17.9. The zero-order valence-electron chi connectivity index (χ0n) is 7.59. The third-order valence-corrected chi connectivity index (χ3v) is 3.08. The molecule has 0 amide bonds. The topological polar surface area (TPSA) is 26.0 Å². The number of rotatable bonds is 1. The van der Waals surface area contributed by atoms with E-state index in [9.17, 15) is 0 Å². The lowest BCUT2D eigenvalue weighted by Gasteiger charge is -2.12. The molecule has 0 saturated heterocycles.